The van der Waals surface area contributed by atoms with Crippen molar-refractivity contribution < 1.29 is 22.4 Å². The van der Waals surface area contributed by atoms with Gasteiger partial charge >= 0.3 is 0 Å². The van der Waals surface area contributed by atoms with Crippen LogP contribution in [0.3, 0.4) is 0 Å². The number of carbonyl (C=O) groups is 1. The highest BCUT2D eigenvalue weighted by Crippen LogP contribution is 2.21. The summed E-state index contributed by atoms with van der Waals surface area (Å²) in [6, 6.07) is 7.88. The minimum atomic E-state index is -3.60. The van der Waals surface area contributed by atoms with E-state index in [1.807, 2.05) is 0 Å². The Bertz CT molecular complexity index is 838. The van der Waals surface area contributed by atoms with Crippen molar-refractivity contribution >= 4 is 21.6 Å². The molecule has 7 nitrogen and oxygen atoms in total. The highest BCUT2D eigenvalue weighted by molar-refractivity contribution is 7.89. The van der Waals surface area contributed by atoms with E-state index >= 15 is 0 Å². The molecule has 0 unspecified atom stereocenters. The van der Waals surface area contributed by atoms with Gasteiger partial charge in [0.2, 0.25) is 10.0 Å². The fourth-order valence-electron chi connectivity index (χ4n) is 2.46. The molecular formula is C16H18N2O5S. The number of rotatable bonds is 4. The molecule has 3 rings (SSSR count). The molecule has 24 heavy (non-hydrogen) atoms. The highest BCUT2D eigenvalue weighted by Gasteiger charge is 2.26. The number of hydrogen-bond donors (Lipinski definition) is 1. The molecule has 2 heterocycles. The van der Waals surface area contributed by atoms with E-state index in [1.165, 1.54) is 22.7 Å². The summed E-state index contributed by atoms with van der Waals surface area (Å²) in [5.41, 5.74) is 1.11. The Kier molecular flexibility index (Phi) is 4.70. The van der Waals surface area contributed by atoms with Crippen molar-refractivity contribution in [1.82, 2.24) is 4.31 Å². The number of nitrogens with one attached hydrogen (secondary N) is 1. The number of aryl methyl sites for hydroxylation is 1. The van der Waals surface area contributed by atoms with Crippen molar-refractivity contribution in [3.63, 3.8) is 0 Å². The first kappa shape index (κ1) is 16.7. The lowest BCUT2D eigenvalue weighted by atomic mass is 10.2. The van der Waals surface area contributed by atoms with Crippen LogP contribution in [0.1, 0.15) is 16.1 Å². The molecule has 1 aliphatic rings. The van der Waals surface area contributed by atoms with Crippen LogP contribution >= 0.6 is 0 Å². The van der Waals surface area contributed by atoms with E-state index in [2.05, 4.69) is 5.32 Å². The minimum absolute atomic E-state index is 0.137. The van der Waals surface area contributed by atoms with Gasteiger partial charge in [0.15, 0.2) is 5.76 Å². The van der Waals surface area contributed by atoms with Gasteiger partial charge < -0.3 is 14.5 Å². The van der Waals surface area contributed by atoms with Gasteiger partial charge in [0.05, 0.1) is 24.4 Å². The topological polar surface area (TPSA) is 88.8 Å². The van der Waals surface area contributed by atoms with Gasteiger partial charge in [-0.15, -0.1) is 0 Å². The van der Waals surface area contributed by atoms with E-state index < -0.39 is 15.9 Å². The Morgan fingerprint density at radius 3 is 2.62 bits per heavy atom. The summed E-state index contributed by atoms with van der Waals surface area (Å²) in [6.07, 6.45) is 1.43. The van der Waals surface area contributed by atoms with E-state index in [1.54, 1.807) is 25.1 Å². The molecule has 0 bridgehead atoms. The molecule has 1 saturated heterocycles. The molecule has 2 aromatic rings. The summed E-state index contributed by atoms with van der Waals surface area (Å²) >= 11 is 0. The van der Waals surface area contributed by atoms with Gasteiger partial charge in [-0.2, -0.15) is 4.31 Å². The van der Waals surface area contributed by atoms with Crippen LogP contribution in [0.4, 0.5) is 5.69 Å². The molecule has 1 aromatic carbocycles. The standard InChI is InChI=1S/C16H18N2O5S/c1-12-5-8-23-15(12)16(19)17-13-3-2-4-14(11-13)24(20,21)18-6-9-22-10-7-18/h2-5,8,11H,6-7,9-10H2,1H3,(H,17,19). The van der Waals surface area contributed by atoms with Crippen LogP contribution in [0, 0.1) is 6.92 Å². The van der Waals surface area contributed by atoms with Gasteiger partial charge in [-0.25, -0.2) is 8.42 Å². The maximum Gasteiger partial charge on any atom is 0.291 e. The third-order valence-electron chi connectivity index (χ3n) is 3.77. The third kappa shape index (κ3) is 3.35. The monoisotopic (exact) mass is 350 g/mol. The Balaban J connectivity index is 1.81. The maximum atomic E-state index is 12.6. The normalized spacial score (nSPS) is 16.0. The van der Waals surface area contributed by atoms with Crippen molar-refractivity contribution in [2.75, 3.05) is 31.6 Å². The molecule has 1 amide bonds. The molecule has 8 heteroatoms. The Morgan fingerprint density at radius 2 is 1.96 bits per heavy atom. The summed E-state index contributed by atoms with van der Waals surface area (Å²) in [6.45, 7) is 3.17. The van der Waals surface area contributed by atoms with Crippen LogP contribution in [-0.4, -0.2) is 44.9 Å². The van der Waals surface area contributed by atoms with Crippen LogP contribution in [0.5, 0.6) is 0 Å². The zero-order valence-electron chi connectivity index (χ0n) is 13.2. The van der Waals surface area contributed by atoms with Crippen molar-refractivity contribution in [3.8, 4) is 0 Å². The van der Waals surface area contributed by atoms with Gasteiger partial charge in [0, 0.05) is 24.3 Å². The minimum Gasteiger partial charge on any atom is -0.459 e. The molecule has 0 atom stereocenters. The highest BCUT2D eigenvalue weighted by atomic mass is 32.2. The SMILES string of the molecule is Cc1ccoc1C(=O)Nc1cccc(S(=O)(=O)N2CCOCC2)c1. The smallest absolute Gasteiger partial charge is 0.291 e. The Hall–Kier alpha value is -2.16. The molecule has 0 saturated carbocycles. The van der Waals surface area contributed by atoms with Crippen LogP contribution in [0.25, 0.3) is 0 Å². The predicted octanol–water partition coefficient (Wildman–Crippen LogP) is 1.86. The second-order valence-electron chi connectivity index (χ2n) is 5.43. The van der Waals surface area contributed by atoms with Crippen LogP contribution in [0.2, 0.25) is 0 Å². The number of ether oxygens (including phenoxy) is 1. The lowest BCUT2D eigenvalue weighted by molar-refractivity contribution is 0.0730. The maximum absolute atomic E-state index is 12.6. The molecular weight excluding hydrogens is 332 g/mol. The molecule has 1 N–H and O–H groups in total. The molecule has 0 aliphatic carbocycles. The summed E-state index contributed by atoms with van der Waals surface area (Å²) in [5, 5.41) is 2.66. The lowest BCUT2D eigenvalue weighted by Gasteiger charge is -2.26. The van der Waals surface area contributed by atoms with E-state index in [-0.39, 0.29) is 10.7 Å². The summed E-state index contributed by atoms with van der Waals surface area (Å²) < 4.78 is 37.0. The first-order valence-corrected chi connectivity index (χ1v) is 8.96. The van der Waals surface area contributed by atoms with Gasteiger partial charge in [-0.05, 0) is 31.2 Å². The molecule has 1 aliphatic heterocycles. The summed E-state index contributed by atoms with van der Waals surface area (Å²) in [5.74, 6) is -0.213. The number of benzene rings is 1. The predicted molar refractivity (Wildman–Crippen MR) is 87.4 cm³/mol. The Labute approximate surface area is 140 Å². The number of hydrogen-bond acceptors (Lipinski definition) is 5. The quantitative estimate of drug-likeness (QED) is 0.909. The number of carbonyl (C=O) groups excluding carboxylic acids is 1. The first-order chi connectivity index (χ1) is 11.5. The van der Waals surface area contributed by atoms with E-state index in [0.29, 0.717) is 37.6 Å². The number of morpholine rings is 1. The fourth-order valence-corrected chi connectivity index (χ4v) is 3.92. The summed E-state index contributed by atoms with van der Waals surface area (Å²) in [4.78, 5) is 12.3. The number of anilines is 1. The van der Waals surface area contributed by atoms with E-state index in [9.17, 15) is 13.2 Å². The molecule has 0 radical (unpaired) electrons. The van der Waals surface area contributed by atoms with Gasteiger partial charge in [-0.1, -0.05) is 6.07 Å². The van der Waals surface area contributed by atoms with E-state index in [0.717, 1.165) is 0 Å². The largest absolute Gasteiger partial charge is 0.459 e. The second kappa shape index (κ2) is 6.76. The first-order valence-electron chi connectivity index (χ1n) is 7.52. The van der Waals surface area contributed by atoms with Crippen molar-refractivity contribution in [1.29, 1.82) is 0 Å². The molecule has 1 aromatic heterocycles. The van der Waals surface area contributed by atoms with Crippen LogP contribution in [0.15, 0.2) is 45.9 Å². The number of amides is 1. The average molecular weight is 350 g/mol. The van der Waals surface area contributed by atoms with E-state index in [4.69, 9.17) is 9.15 Å². The zero-order valence-corrected chi connectivity index (χ0v) is 14.0. The van der Waals surface area contributed by atoms with Crippen LogP contribution in [-0.2, 0) is 14.8 Å². The van der Waals surface area contributed by atoms with Gasteiger partial charge in [-0.3, -0.25) is 4.79 Å². The van der Waals surface area contributed by atoms with Gasteiger partial charge in [0.1, 0.15) is 0 Å². The zero-order chi connectivity index (χ0) is 17.2. The Morgan fingerprint density at radius 1 is 1.21 bits per heavy atom. The fraction of sp³-hybridized carbons (Fsp3) is 0.312. The average Bonchev–Trinajstić information content (AvgIpc) is 3.02. The lowest BCUT2D eigenvalue weighted by Crippen LogP contribution is -2.40. The number of furan rings is 1. The number of nitrogens with zero attached hydrogens (tertiary/aromatic N) is 1. The third-order valence-corrected chi connectivity index (χ3v) is 5.66. The molecule has 0 spiro atoms. The van der Waals surface area contributed by atoms with Gasteiger partial charge in [0.25, 0.3) is 5.91 Å². The molecule has 1 fully saturated rings. The van der Waals surface area contributed by atoms with Crippen molar-refractivity contribution in [3.05, 3.63) is 47.9 Å². The summed E-state index contributed by atoms with van der Waals surface area (Å²) in [7, 11) is -3.60. The van der Waals surface area contributed by atoms with Crippen LogP contribution < -0.4 is 5.32 Å². The second-order valence-corrected chi connectivity index (χ2v) is 7.37. The van der Waals surface area contributed by atoms with Crippen molar-refractivity contribution in [2.45, 2.75) is 11.8 Å². The van der Waals surface area contributed by atoms with Crippen molar-refractivity contribution in [2.24, 2.45) is 0 Å². The molecule has 128 valence electrons. The number of sulfonamides is 1.